The first-order valence-electron chi connectivity index (χ1n) is 34.1. The summed E-state index contributed by atoms with van der Waals surface area (Å²) in [4.78, 5) is 142. The molecule has 0 saturated carbocycles. The third-order valence-electron chi connectivity index (χ3n) is 15.8. The van der Waals surface area contributed by atoms with Crippen LogP contribution in [0.25, 0.3) is 33.1 Å². The predicted octanol–water partition coefficient (Wildman–Crippen LogP) is 12.6. The Kier molecular flexibility index (Phi) is 37.9. The molecule has 0 spiro atoms. The fourth-order valence-electron chi connectivity index (χ4n) is 10.1. The molecule has 3 aromatic carbocycles. The SMILES string of the molecule is CC1=CCS(=O)(=O)CC1.CCOC(=O)c1cc2c(Cl)ncnc2n(OC)c1=O.CCOC(=O)c1cc2c(N[C@H](C)c3cccc(C(F)F)c3F)ncnc2n(OC)c1=O.CONC(=O)CC(C)=O.COn1c(=O)c(Br)cc2c(N[C@H](C)c3cccc(C(F)F)c3F)ncnc21.C[C@@H](N)c1cccc(C(F)F)c1F.O=Cc1c(Cl)ncnc1Cl. The molecule has 1 aliphatic heterocycles. The van der Waals surface area contributed by atoms with Crippen LogP contribution < -0.4 is 53.0 Å². The van der Waals surface area contributed by atoms with Crippen LogP contribution in [0.15, 0.2) is 129 Å². The van der Waals surface area contributed by atoms with Crippen molar-refractivity contribution in [1.82, 2.24) is 59.5 Å². The number of alkyl halides is 6. The van der Waals surface area contributed by atoms with Gasteiger partial charge in [-0.2, -0.15) is 0 Å². The number of carbonyl (C=O) groups excluding carboxylic acids is 5. The molecule has 7 aromatic heterocycles. The number of ether oxygens (including phenoxy) is 2. The number of rotatable bonds is 21. The van der Waals surface area contributed by atoms with Gasteiger partial charge in [-0.1, -0.05) is 101 Å². The highest BCUT2D eigenvalue weighted by Gasteiger charge is 2.27. The third-order valence-corrected chi connectivity index (χ3v) is 18.7. The number of anilines is 2. The number of nitrogens with one attached hydrogen (secondary N) is 3. The average molecular weight is 1810 g/mol. The van der Waals surface area contributed by atoms with E-state index in [1.807, 2.05) is 12.4 Å². The van der Waals surface area contributed by atoms with Crippen LogP contribution in [0.3, 0.4) is 0 Å². The predicted molar refractivity (Wildman–Crippen MR) is 419 cm³/mol. The fourth-order valence-corrected chi connectivity index (χ4v) is 12.4. The second kappa shape index (κ2) is 46.0. The van der Waals surface area contributed by atoms with E-state index in [1.165, 1.54) is 115 Å². The molecular formula is C73H74BrCl3F9N15O16S. The number of hydrogen-bond donors (Lipinski definition) is 4. The Bertz CT molecular complexity index is 5550. The van der Waals surface area contributed by atoms with Crippen LogP contribution in [0.2, 0.25) is 15.5 Å². The second-order valence-corrected chi connectivity index (χ2v) is 28.1. The zero-order chi connectivity index (χ0) is 88.2. The summed E-state index contributed by atoms with van der Waals surface area (Å²) in [5, 5.41) is 7.14. The van der Waals surface area contributed by atoms with Crippen LogP contribution in [-0.4, -0.2) is 146 Å². The number of aldehydes is 1. The highest BCUT2D eigenvalue weighted by atomic mass is 79.9. The summed E-state index contributed by atoms with van der Waals surface area (Å²) in [6, 6.07) is 13.4. The quantitative estimate of drug-likeness (QED) is 0.00987. The number of allylic oxidation sites excluding steroid dienone is 1. The minimum Gasteiger partial charge on any atom is -0.462 e. The first-order chi connectivity index (χ1) is 55.8. The van der Waals surface area contributed by atoms with Crippen LogP contribution in [0.1, 0.15) is 163 Å². The van der Waals surface area contributed by atoms with Crippen molar-refractivity contribution >= 4 is 135 Å². The molecule has 0 aliphatic carbocycles. The number of amides is 1. The number of benzene rings is 3. The molecule has 45 heteroatoms. The molecule has 0 radical (unpaired) electrons. The normalized spacial score (nSPS) is 12.6. The van der Waals surface area contributed by atoms with Gasteiger partial charge in [-0.05, 0) is 89.0 Å². The molecule has 634 valence electrons. The molecule has 1 aliphatic rings. The Morgan fingerprint density at radius 1 is 0.576 bits per heavy atom. The zero-order valence-electron chi connectivity index (χ0n) is 63.9. The van der Waals surface area contributed by atoms with Gasteiger partial charge in [0, 0.05) is 22.7 Å². The van der Waals surface area contributed by atoms with E-state index in [9.17, 15) is 86.3 Å². The Balaban J connectivity index is 0.000000259. The van der Waals surface area contributed by atoms with Gasteiger partial charge in [0.05, 0.1) is 93.2 Å². The van der Waals surface area contributed by atoms with E-state index >= 15 is 0 Å². The van der Waals surface area contributed by atoms with Crippen molar-refractivity contribution < 1.29 is 101 Å². The van der Waals surface area contributed by atoms with Crippen LogP contribution in [0.5, 0.6) is 0 Å². The summed E-state index contributed by atoms with van der Waals surface area (Å²) < 4.78 is 153. The van der Waals surface area contributed by atoms with Gasteiger partial charge in [-0.25, -0.2) is 103 Å². The number of nitrogens with two attached hydrogens (primary N) is 1. The maximum absolute atomic E-state index is 14.5. The number of pyridine rings is 3. The van der Waals surface area contributed by atoms with Gasteiger partial charge in [0.15, 0.2) is 33.1 Å². The van der Waals surface area contributed by atoms with E-state index in [4.69, 9.17) is 64.5 Å². The van der Waals surface area contributed by atoms with Gasteiger partial charge < -0.3 is 40.4 Å². The molecule has 3 atom stereocenters. The van der Waals surface area contributed by atoms with Crippen molar-refractivity contribution in [2.24, 2.45) is 5.73 Å². The molecule has 10 aromatic rings. The Morgan fingerprint density at radius 3 is 1.31 bits per heavy atom. The summed E-state index contributed by atoms with van der Waals surface area (Å²) in [5.74, 6) is -4.08. The Hall–Kier alpha value is -11.3. The van der Waals surface area contributed by atoms with Gasteiger partial charge in [-0.15, -0.1) is 14.2 Å². The van der Waals surface area contributed by atoms with Gasteiger partial charge in [-0.3, -0.25) is 33.6 Å². The van der Waals surface area contributed by atoms with Gasteiger partial charge in [0.2, 0.25) is 0 Å². The molecule has 0 bridgehead atoms. The smallest absolute Gasteiger partial charge is 0.343 e. The lowest BCUT2D eigenvalue weighted by Crippen LogP contribution is -2.31. The summed E-state index contributed by atoms with van der Waals surface area (Å²) in [6.07, 6.45) is -1.01. The number of ketones is 1. The highest BCUT2D eigenvalue weighted by Crippen LogP contribution is 2.34. The molecule has 31 nitrogen and oxygen atoms in total. The summed E-state index contributed by atoms with van der Waals surface area (Å²) in [5.41, 5.74) is 5.02. The summed E-state index contributed by atoms with van der Waals surface area (Å²) >= 11 is 20.0. The molecule has 1 amide bonds. The number of fused-ring (bicyclic) bond motifs is 3. The maximum atomic E-state index is 14.5. The molecule has 118 heavy (non-hydrogen) atoms. The van der Waals surface area contributed by atoms with Crippen LogP contribution in [-0.2, 0) is 33.7 Å². The first kappa shape index (κ1) is 97.3. The zero-order valence-corrected chi connectivity index (χ0v) is 68.6. The largest absolute Gasteiger partial charge is 0.462 e. The number of hydrogen-bond acceptors (Lipinski definition) is 27. The maximum Gasteiger partial charge on any atom is 0.343 e. The van der Waals surface area contributed by atoms with E-state index in [0.29, 0.717) is 28.6 Å². The van der Waals surface area contributed by atoms with Gasteiger partial charge in [0.25, 0.3) is 41.9 Å². The monoisotopic (exact) mass is 1800 g/mol. The van der Waals surface area contributed by atoms with E-state index in [2.05, 4.69) is 71.3 Å². The van der Waals surface area contributed by atoms with Crippen LogP contribution in [0.4, 0.5) is 51.1 Å². The molecule has 0 fully saturated rings. The van der Waals surface area contributed by atoms with E-state index < -0.39 is 116 Å². The lowest BCUT2D eigenvalue weighted by molar-refractivity contribution is -0.134. The van der Waals surface area contributed by atoms with E-state index in [1.54, 1.807) is 40.7 Å². The number of Topliss-reactive ketones (excluding diaryl/α,β-unsaturated/α-hetero) is 1. The number of nitrogens with zero attached hydrogens (tertiary/aromatic N) is 11. The topological polar surface area (TPSA) is 406 Å². The van der Waals surface area contributed by atoms with Crippen molar-refractivity contribution in [2.75, 3.05) is 63.8 Å². The van der Waals surface area contributed by atoms with E-state index in [-0.39, 0.29) is 113 Å². The Labute approximate surface area is 688 Å². The minimum atomic E-state index is -2.96. The van der Waals surface area contributed by atoms with Crippen LogP contribution in [0, 0.1) is 17.5 Å². The number of sulfone groups is 1. The van der Waals surface area contributed by atoms with Crippen LogP contribution >= 0.6 is 50.7 Å². The van der Waals surface area contributed by atoms with Crippen molar-refractivity contribution in [3.05, 3.63) is 228 Å². The number of carbonyl (C=O) groups is 5. The summed E-state index contributed by atoms with van der Waals surface area (Å²) in [6.45, 7) is 11.5. The van der Waals surface area contributed by atoms with Crippen molar-refractivity contribution in [1.29, 1.82) is 0 Å². The lowest BCUT2D eigenvalue weighted by Gasteiger charge is -2.19. The van der Waals surface area contributed by atoms with Gasteiger partial charge in [0.1, 0.15) is 108 Å². The standard InChI is InChI=1S/C20H19F3N4O4.C17H14BrF3N4O2.C11H10ClN3O4.C9H10F3N.C6H10O2S.C5H2Cl2N2O.C5H9NO3/c1-4-31-20(29)14-8-13-17(24-9-25-18(13)27(30-3)19(14)28)26-10(2)11-6-5-7-12(15(11)21)16(22)23;1-8(9-4-3-5-10(13(9)19)14(20)21)24-15-11-6-12(18)17(26)25(27-2)16(11)23-7-22-15;1-3-19-11(17)7-4-6-8(12)13-5-14-9(6)15(18-2)10(7)16;1-5(13)6-3-2-4-7(8(6)10)9(11)12;1-6-2-4-9(7,8)5-3-6;6-4-3(1-10)5(7)9-2-8-4;1-4(7)3-5(8)6-9-2/h5-10,16H,4H2,1-3H3,(H,24,25,26);3-8,14H,1-2H3,(H,22,23,24);4-5H,3H2,1-2H3;2-5,9H,13H2,1H3;2H,3-5H2,1H3;1-2H;3H2,1-2H3,(H,6,8)/t10-;8-;;5-;;;/m11.1.../s1. The Morgan fingerprint density at radius 2 is 0.949 bits per heavy atom. The molecule has 0 unspecified atom stereocenters. The fraction of sp³-hybridized carbons (Fsp3) is 0.315. The highest BCUT2D eigenvalue weighted by molar-refractivity contribution is 9.10. The minimum absolute atomic E-state index is 0.00441. The molecule has 5 N–H and O–H groups in total. The summed E-state index contributed by atoms with van der Waals surface area (Å²) in [7, 11) is 2.45. The molecular weight excluding hydrogens is 1730 g/mol. The van der Waals surface area contributed by atoms with E-state index in [0.717, 1.165) is 45.1 Å². The number of esters is 2. The molecule has 11 rings (SSSR count). The number of halogens is 13. The van der Waals surface area contributed by atoms with Crippen molar-refractivity contribution in [3.8, 4) is 0 Å². The van der Waals surface area contributed by atoms with Crippen molar-refractivity contribution in [2.45, 2.75) is 98.7 Å². The molecule has 8 heterocycles. The third kappa shape index (κ3) is 26.1. The second-order valence-electron chi connectivity index (χ2n) is 23.9. The van der Waals surface area contributed by atoms with Crippen molar-refractivity contribution in [3.63, 3.8) is 0 Å². The number of aromatic nitrogens is 11. The molecule has 0 saturated heterocycles. The average Bonchev–Trinajstić information content (AvgIpc) is 0.800. The number of hydroxylamine groups is 1. The lowest BCUT2D eigenvalue weighted by atomic mass is 10.0. The van der Waals surface area contributed by atoms with Gasteiger partial charge >= 0.3 is 11.9 Å². The first-order valence-corrected chi connectivity index (χ1v) is 37.8.